The summed E-state index contributed by atoms with van der Waals surface area (Å²) < 4.78 is 0. The Hall–Kier alpha value is -1.29. The van der Waals surface area contributed by atoms with Gasteiger partial charge in [-0.05, 0) is 13.0 Å². The number of amides is 1. The minimum absolute atomic E-state index is 0.262. The number of hydrogen-bond donors (Lipinski definition) is 2. The Balaban J connectivity index is 0. The molecule has 0 saturated heterocycles. The smallest absolute Gasteiger partial charge is 0.330 e. The van der Waals surface area contributed by atoms with Crippen LogP contribution < -0.4 is 5.73 Å². The topological polar surface area (TPSA) is 80.4 Å². The van der Waals surface area contributed by atoms with Crippen molar-refractivity contribution in [3.63, 3.8) is 0 Å². The average Bonchev–Trinajstić information content (AvgIpc) is 2.06. The number of primary amides is 1. The standard InChI is InChI=1S/C5H7ClO2.C3H5NO/c1-4(2-3-6)5(7)8;1-2-3(4)5/h2H,3H2,1H3,(H,7,8);2H,1H2,(H2,4,5). The summed E-state index contributed by atoms with van der Waals surface area (Å²) in [4.78, 5) is 19.4. The molecular formula is C8H12ClNO3. The third-order valence-corrected chi connectivity index (χ3v) is 1.08. The van der Waals surface area contributed by atoms with Crippen molar-refractivity contribution in [2.75, 3.05) is 5.88 Å². The number of carboxylic acids is 1. The number of aliphatic carboxylic acids is 1. The summed E-state index contributed by atoms with van der Waals surface area (Å²) in [5.41, 5.74) is 4.83. The number of nitrogens with two attached hydrogens (primary N) is 1. The van der Waals surface area contributed by atoms with Crippen LogP contribution in [0.1, 0.15) is 6.92 Å². The Morgan fingerprint density at radius 1 is 1.62 bits per heavy atom. The van der Waals surface area contributed by atoms with E-state index in [0.29, 0.717) is 5.57 Å². The van der Waals surface area contributed by atoms with Crippen LogP contribution in [-0.2, 0) is 9.59 Å². The van der Waals surface area contributed by atoms with E-state index in [9.17, 15) is 9.59 Å². The van der Waals surface area contributed by atoms with Crippen molar-refractivity contribution in [2.24, 2.45) is 5.73 Å². The van der Waals surface area contributed by atoms with E-state index >= 15 is 0 Å². The van der Waals surface area contributed by atoms with E-state index in [4.69, 9.17) is 16.7 Å². The van der Waals surface area contributed by atoms with Gasteiger partial charge in [-0.2, -0.15) is 0 Å². The first-order chi connectivity index (χ1) is 5.95. The molecule has 0 unspecified atom stereocenters. The van der Waals surface area contributed by atoms with Crippen molar-refractivity contribution < 1.29 is 14.7 Å². The lowest BCUT2D eigenvalue weighted by Crippen LogP contribution is -2.04. The van der Waals surface area contributed by atoms with Crippen LogP contribution in [0.3, 0.4) is 0 Å². The van der Waals surface area contributed by atoms with Crippen LogP contribution in [0, 0.1) is 0 Å². The van der Waals surface area contributed by atoms with Crippen molar-refractivity contribution in [1.82, 2.24) is 0 Å². The Bertz CT molecular complexity index is 223. The molecule has 0 aromatic carbocycles. The second-order valence-electron chi connectivity index (χ2n) is 1.95. The highest BCUT2D eigenvalue weighted by Gasteiger charge is 1.95. The number of carboxylic acid groups (broad SMARTS) is 1. The molecule has 0 radical (unpaired) electrons. The van der Waals surface area contributed by atoms with Gasteiger partial charge in [-0.1, -0.05) is 12.7 Å². The van der Waals surface area contributed by atoms with Crippen molar-refractivity contribution in [3.8, 4) is 0 Å². The van der Waals surface area contributed by atoms with Crippen LogP contribution in [0.4, 0.5) is 0 Å². The fraction of sp³-hybridized carbons (Fsp3) is 0.250. The first-order valence-corrected chi connectivity index (χ1v) is 3.87. The van der Waals surface area contributed by atoms with Crippen LogP contribution in [0.15, 0.2) is 24.3 Å². The van der Waals surface area contributed by atoms with Gasteiger partial charge in [-0.25, -0.2) is 4.79 Å². The summed E-state index contributed by atoms with van der Waals surface area (Å²) in [6, 6.07) is 0. The van der Waals surface area contributed by atoms with E-state index in [1.807, 2.05) is 0 Å². The van der Waals surface area contributed by atoms with E-state index in [1.165, 1.54) is 13.0 Å². The van der Waals surface area contributed by atoms with Crippen LogP contribution in [0.5, 0.6) is 0 Å². The predicted octanol–water partition coefficient (Wildman–Crippen LogP) is 0.914. The molecule has 0 spiro atoms. The fourth-order valence-corrected chi connectivity index (χ4v) is 0.434. The molecule has 0 aliphatic carbocycles. The zero-order valence-corrected chi connectivity index (χ0v) is 8.04. The Morgan fingerprint density at radius 3 is 2.08 bits per heavy atom. The van der Waals surface area contributed by atoms with Crippen LogP contribution in [-0.4, -0.2) is 22.9 Å². The summed E-state index contributed by atoms with van der Waals surface area (Å²) in [5.74, 6) is -1.13. The van der Waals surface area contributed by atoms with Gasteiger partial charge < -0.3 is 10.8 Å². The monoisotopic (exact) mass is 205 g/mol. The van der Waals surface area contributed by atoms with E-state index in [0.717, 1.165) is 6.08 Å². The highest BCUT2D eigenvalue weighted by molar-refractivity contribution is 6.19. The number of alkyl halides is 1. The van der Waals surface area contributed by atoms with Crippen molar-refractivity contribution in [3.05, 3.63) is 24.3 Å². The Morgan fingerprint density at radius 2 is 2.00 bits per heavy atom. The molecule has 74 valence electrons. The third kappa shape index (κ3) is 13.7. The van der Waals surface area contributed by atoms with Crippen molar-refractivity contribution in [1.29, 1.82) is 0 Å². The molecular weight excluding hydrogens is 194 g/mol. The summed E-state index contributed by atoms with van der Waals surface area (Å²) in [5, 5.41) is 8.19. The molecule has 0 saturated carbocycles. The van der Waals surface area contributed by atoms with Gasteiger partial charge in [0.25, 0.3) is 0 Å². The van der Waals surface area contributed by atoms with E-state index in [-0.39, 0.29) is 5.88 Å². The second kappa shape index (κ2) is 8.80. The summed E-state index contributed by atoms with van der Waals surface area (Å²) in [6.07, 6.45) is 2.50. The van der Waals surface area contributed by atoms with E-state index in [2.05, 4.69) is 12.3 Å². The average molecular weight is 206 g/mol. The van der Waals surface area contributed by atoms with Crippen molar-refractivity contribution >= 4 is 23.5 Å². The molecule has 0 aliphatic rings. The summed E-state index contributed by atoms with van der Waals surface area (Å²) in [6.45, 7) is 4.59. The highest BCUT2D eigenvalue weighted by Crippen LogP contribution is 1.91. The quantitative estimate of drug-likeness (QED) is 0.531. The minimum atomic E-state index is -0.911. The Labute approximate surface area is 81.7 Å². The minimum Gasteiger partial charge on any atom is -0.478 e. The van der Waals surface area contributed by atoms with E-state index < -0.39 is 11.9 Å². The first kappa shape index (κ1) is 14.2. The predicted molar refractivity (Wildman–Crippen MR) is 51.5 cm³/mol. The normalized spacial score (nSPS) is 9.54. The molecule has 0 aliphatic heterocycles. The lowest BCUT2D eigenvalue weighted by Gasteiger charge is -1.86. The molecule has 0 rings (SSSR count). The van der Waals surface area contributed by atoms with Gasteiger partial charge in [-0.3, -0.25) is 4.79 Å². The van der Waals surface area contributed by atoms with Crippen LogP contribution >= 0.6 is 11.6 Å². The zero-order chi connectivity index (χ0) is 10.9. The molecule has 3 N–H and O–H groups in total. The second-order valence-corrected chi connectivity index (χ2v) is 2.26. The fourth-order valence-electron chi connectivity index (χ4n) is 0.203. The summed E-state index contributed by atoms with van der Waals surface area (Å²) in [7, 11) is 0. The molecule has 0 aromatic rings. The van der Waals surface area contributed by atoms with Gasteiger partial charge in [0.2, 0.25) is 5.91 Å². The largest absolute Gasteiger partial charge is 0.478 e. The zero-order valence-electron chi connectivity index (χ0n) is 7.29. The maximum Gasteiger partial charge on any atom is 0.330 e. The Kier molecular flexibility index (Phi) is 9.65. The van der Waals surface area contributed by atoms with Crippen molar-refractivity contribution in [2.45, 2.75) is 6.92 Å². The molecule has 0 aromatic heterocycles. The lowest BCUT2D eigenvalue weighted by molar-refractivity contribution is -0.132. The maximum atomic E-state index is 9.96. The molecule has 0 atom stereocenters. The third-order valence-electron chi connectivity index (χ3n) is 0.922. The van der Waals surface area contributed by atoms with Gasteiger partial charge in [0, 0.05) is 11.5 Å². The van der Waals surface area contributed by atoms with E-state index in [1.54, 1.807) is 0 Å². The molecule has 4 nitrogen and oxygen atoms in total. The number of rotatable bonds is 3. The van der Waals surface area contributed by atoms with Gasteiger partial charge in [0.1, 0.15) is 0 Å². The number of hydrogen-bond acceptors (Lipinski definition) is 2. The first-order valence-electron chi connectivity index (χ1n) is 3.33. The number of carbonyl (C=O) groups excluding carboxylic acids is 1. The number of halogens is 1. The molecule has 1 amide bonds. The lowest BCUT2D eigenvalue weighted by atomic mass is 10.3. The summed E-state index contributed by atoms with van der Waals surface area (Å²) >= 11 is 5.20. The molecule has 0 bridgehead atoms. The van der Waals surface area contributed by atoms with Crippen LogP contribution in [0.2, 0.25) is 0 Å². The van der Waals surface area contributed by atoms with Gasteiger partial charge in [0.15, 0.2) is 0 Å². The van der Waals surface area contributed by atoms with Gasteiger partial charge in [-0.15, -0.1) is 11.6 Å². The van der Waals surface area contributed by atoms with Crippen LogP contribution in [0.25, 0.3) is 0 Å². The molecule has 0 fully saturated rings. The van der Waals surface area contributed by atoms with Gasteiger partial charge in [0.05, 0.1) is 0 Å². The number of allylic oxidation sites excluding steroid dienone is 1. The van der Waals surface area contributed by atoms with Gasteiger partial charge >= 0.3 is 5.97 Å². The SMILES string of the molecule is C=CC(N)=O.CC(=CCCl)C(=O)O. The maximum absolute atomic E-state index is 9.96. The number of carbonyl (C=O) groups is 2. The highest BCUT2D eigenvalue weighted by atomic mass is 35.5. The molecule has 5 heteroatoms. The molecule has 13 heavy (non-hydrogen) atoms. The molecule has 0 heterocycles.